The molecule has 124 valence electrons. The van der Waals surface area contributed by atoms with Crippen LogP contribution in [0.25, 0.3) is 0 Å². The van der Waals surface area contributed by atoms with Gasteiger partial charge in [0, 0.05) is 26.1 Å². The number of carbonyl (C=O) groups is 1. The number of methoxy groups -OCH3 is 1. The van der Waals surface area contributed by atoms with Crippen molar-refractivity contribution >= 4 is 17.2 Å². The Hall–Kier alpha value is -0.870. The SMILES string of the molecule is COC1(Cc2ccsc2C(=O)N(C)C(C)(C)C)CCCCC1. The molecule has 3 nitrogen and oxygen atoms in total. The highest BCUT2D eigenvalue weighted by atomic mass is 32.1. The van der Waals surface area contributed by atoms with Crippen molar-refractivity contribution in [1.29, 1.82) is 0 Å². The van der Waals surface area contributed by atoms with Crippen LogP contribution < -0.4 is 0 Å². The molecule has 1 saturated carbocycles. The molecule has 4 heteroatoms. The first-order valence-corrected chi connectivity index (χ1v) is 9.07. The number of nitrogens with zero attached hydrogens (tertiary/aromatic N) is 1. The maximum atomic E-state index is 12.8. The number of rotatable bonds is 4. The minimum absolute atomic E-state index is 0.0747. The molecule has 0 spiro atoms. The Balaban J connectivity index is 2.20. The van der Waals surface area contributed by atoms with Crippen LogP contribution in [0.4, 0.5) is 0 Å². The highest BCUT2D eigenvalue weighted by Crippen LogP contribution is 2.36. The Morgan fingerprint density at radius 2 is 1.95 bits per heavy atom. The molecule has 22 heavy (non-hydrogen) atoms. The predicted octanol–water partition coefficient (Wildman–Crippen LogP) is 4.51. The predicted molar refractivity (Wildman–Crippen MR) is 92.7 cm³/mol. The third kappa shape index (κ3) is 3.72. The molecule has 1 aromatic rings. The molecule has 0 aliphatic heterocycles. The average Bonchev–Trinajstić information content (AvgIpc) is 2.93. The normalized spacial score (nSPS) is 18.2. The highest BCUT2D eigenvalue weighted by Gasteiger charge is 2.34. The zero-order valence-electron chi connectivity index (χ0n) is 14.6. The van der Waals surface area contributed by atoms with Crippen molar-refractivity contribution in [3.63, 3.8) is 0 Å². The fourth-order valence-corrected chi connectivity index (χ4v) is 4.01. The topological polar surface area (TPSA) is 29.5 Å². The number of hydrogen-bond donors (Lipinski definition) is 0. The molecule has 1 amide bonds. The fraction of sp³-hybridized carbons (Fsp3) is 0.722. The molecular formula is C18H29NO2S. The van der Waals surface area contributed by atoms with Gasteiger partial charge in [-0.2, -0.15) is 0 Å². The van der Waals surface area contributed by atoms with Gasteiger partial charge in [-0.1, -0.05) is 19.3 Å². The van der Waals surface area contributed by atoms with Crippen LogP contribution in [-0.4, -0.2) is 36.1 Å². The summed E-state index contributed by atoms with van der Waals surface area (Å²) >= 11 is 1.55. The molecule has 0 N–H and O–H groups in total. The van der Waals surface area contributed by atoms with Crippen molar-refractivity contribution in [2.24, 2.45) is 0 Å². The summed E-state index contributed by atoms with van der Waals surface area (Å²) in [6.45, 7) is 6.20. The molecule has 0 saturated heterocycles. The van der Waals surface area contributed by atoms with E-state index in [4.69, 9.17) is 4.74 Å². The van der Waals surface area contributed by atoms with Gasteiger partial charge in [0.2, 0.25) is 0 Å². The molecule has 2 rings (SSSR count). The molecule has 0 radical (unpaired) electrons. The van der Waals surface area contributed by atoms with Crippen LogP contribution in [0.2, 0.25) is 0 Å². The fourth-order valence-electron chi connectivity index (χ4n) is 3.12. The van der Waals surface area contributed by atoms with Gasteiger partial charge in [0.15, 0.2) is 0 Å². The van der Waals surface area contributed by atoms with Gasteiger partial charge in [0.05, 0.1) is 10.5 Å². The van der Waals surface area contributed by atoms with Gasteiger partial charge in [-0.25, -0.2) is 0 Å². The summed E-state index contributed by atoms with van der Waals surface area (Å²) in [6, 6.07) is 2.10. The quantitative estimate of drug-likeness (QED) is 0.816. The zero-order chi connectivity index (χ0) is 16.4. The number of ether oxygens (including phenoxy) is 1. The summed E-state index contributed by atoms with van der Waals surface area (Å²) in [5.74, 6) is 0.125. The Morgan fingerprint density at radius 3 is 2.50 bits per heavy atom. The molecule has 1 heterocycles. The van der Waals surface area contributed by atoms with Gasteiger partial charge in [-0.05, 0) is 50.6 Å². The number of thiophene rings is 1. The Labute approximate surface area is 138 Å². The lowest BCUT2D eigenvalue weighted by Gasteiger charge is -2.36. The Morgan fingerprint density at radius 1 is 1.32 bits per heavy atom. The molecule has 0 unspecified atom stereocenters. The lowest BCUT2D eigenvalue weighted by Crippen LogP contribution is -2.43. The molecule has 0 atom stereocenters. The second kappa shape index (κ2) is 6.71. The average molecular weight is 324 g/mol. The first kappa shape index (κ1) is 17.5. The molecule has 1 aliphatic rings. The second-order valence-electron chi connectivity index (χ2n) is 7.43. The molecule has 1 aromatic heterocycles. The van der Waals surface area contributed by atoms with E-state index in [1.54, 1.807) is 11.3 Å². The van der Waals surface area contributed by atoms with E-state index in [2.05, 4.69) is 26.8 Å². The van der Waals surface area contributed by atoms with E-state index in [1.165, 1.54) is 19.3 Å². The van der Waals surface area contributed by atoms with Gasteiger partial charge < -0.3 is 9.64 Å². The van der Waals surface area contributed by atoms with E-state index >= 15 is 0 Å². The third-order valence-corrected chi connectivity index (χ3v) is 5.91. The van der Waals surface area contributed by atoms with Gasteiger partial charge in [-0.3, -0.25) is 4.79 Å². The van der Waals surface area contributed by atoms with Gasteiger partial charge in [-0.15, -0.1) is 11.3 Å². The minimum Gasteiger partial charge on any atom is -0.378 e. The largest absolute Gasteiger partial charge is 0.378 e. The van der Waals surface area contributed by atoms with Crippen molar-refractivity contribution in [3.05, 3.63) is 21.9 Å². The zero-order valence-corrected chi connectivity index (χ0v) is 15.4. The Kier molecular flexibility index (Phi) is 5.33. The van der Waals surface area contributed by atoms with Crippen molar-refractivity contribution in [1.82, 2.24) is 4.90 Å². The highest BCUT2D eigenvalue weighted by molar-refractivity contribution is 7.12. The molecular weight excluding hydrogens is 294 g/mol. The Bertz CT molecular complexity index is 509. The summed E-state index contributed by atoms with van der Waals surface area (Å²) in [4.78, 5) is 15.5. The van der Waals surface area contributed by atoms with Crippen LogP contribution in [0.1, 0.15) is 68.1 Å². The van der Waals surface area contributed by atoms with E-state index in [0.717, 1.165) is 29.7 Å². The molecule has 1 fully saturated rings. The molecule has 0 bridgehead atoms. The third-order valence-electron chi connectivity index (χ3n) is 4.96. The van der Waals surface area contributed by atoms with Crippen LogP contribution in [0.5, 0.6) is 0 Å². The van der Waals surface area contributed by atoms with E-state index in [1.807, 2.05) is 24.4 Å². The van der Waals surface area contributed by atoms with Crippen molar-refractivity contribution in [2.75, 3.05) is 14.2 Å². The smallest absolute Gasteiger partial charge is 0.264 e. The van der Waals surface area contributed by atoms with E-state index in [-0.39, 0.29) is 17.0 Å². The van der Waals surface area contributed by atoms with Crippen LogP contribution in [0.15, 0.2) is 11.4 Å². The number of hydrogen-bond acceptors (Lipinski definition) is 3. The summed E-state index contributed by atoms with van der Waals surface area (Å²) in [5.41, 5.74) is 0.909. The van der Waals surface area contributed by atoms with Gasteiger partial charge in [0.25, 0.3) is 5.91 Å². The lowest BCUT2D eigenvalue weighted by molar-refractivity contribution is -0.0386. The first-order chi connectivity index (χ1) is 10.3. The van der Waals surface area contributed by atoms with Crippen LogP contribution in [0, 0.1) is 0 Å². The monoisotopic (exact) mass is 323 g/mol. The maximum absolute atomic E-state index is 12.8. The van der Waals surface area contributed by atoms with E-state index in [0.29, 0.717) is 0 Å². The summed E-state index contributed by atoms with van der Waals surface area (Å²) in [6.07, 6.45) is 6.80. The lowest BCUT2D eigenvalue weighted by atomic mass is 9.80. The van der Waals surface area contributed by atoms with Crippen LogP contribution in [-0.2, 0) is 11.2 Å². The second-order valence-corrected chi connectivity index (χ2v) is 8.35. The summed E-state index contributed by atoms with van der Waals surface area (Å²) < 4.78 is 5.89. The summed E-state index contributed by atoms with van der Waals surface area (Å²) in [5, 5.41) is 2.03. The number of carbonyl (C=O) groups excluding carboxylic acids is 1. The standard InChI is InChI=1S/C18H29NO2S/c1-17(2,3)19(4)16(20)15-14(9-12-22-15)13-18(21-5)10-7-6-8-11-18/h9,12H,6-8,10-11,13H2,1-5H3. The van der Waals surface area contributed by atoms with E-state index in [9.17, 15) is 4.79 Å². The first-order valence-electron chi connectivity index (χ1n) is 8.19. The number of amides is 1. The van der Waals surface area contributed by atoms with Gasteiger partial charge >= 0.3 is 0 Å². The maximum Gasteiger partial charge on any atom is 0.264 e. The van der Waals surface area contributed by atoms with Crippen molar-refractivity contribution in [2.45, 2.75) is 70.4 Å². The van der Waals surface area contributed by atoms with Gasteiger partial charge in [0.1, 0.15) is 0 Å². The van der Waals surface area contributed by atoms with Crippen molar-refractivity contribution in [3.8, 4) is 0 Å². The summed E-state index contributed by atoms with van der Waals surface area (Å²) in [7, 11) is 3.71. The van der Waals surface area contributed by atoms with Crippen molar-refractivity contribution < 1.29 is 9.53 Å². The van der Waals surface area contributed by atoms with E-state index < -0.39 is 0 Å². The molecule has 1 aliphatic carbocycles. The van der Waals surface area contributed by atoms with Crippen LogP contribution >= 0.6 is 11.3 Å². The molecule has 0 aromatic carbocycles. The minimum atomic E-state index is -0.165. The van der Waals surface area contributed by atoms with Crippen LogP contribution in [0.3, 0.4) is 0 Å².